The van der Waals surface area contributed by atoms with Crippen molar-refractivity contribution < 1.29 is 9.53 Å². The van der Waals surface area contributed by atoms with Crippen LogP contribution in [0.4, 0.5) is 5.69 Å². The van der Waals surface area contributed by atoms with Crippen molar-refractivity contribution in [3.8, 4) is 11.3 Å². The molecule has 0 aliphatic heterocycles. The van der Waals surface area contributed by atoms with E-state index in [2.05, 4.69) is 28.7 Å². The van der Waals surface area contributed by atoms with E-state index in [9.17, 15) is 4.79 Å². The third-order valence-corrected chi connectivity index (χ3v) is 3.84. The molecule has 21 heavy (non-hydrogen) atoms. The first-order chi connectivity index (χ1) is 10.2. The van der Waals surface area contributed by atoms with E-state index in [1.54, 1.807) is 17.5 Å². The first-order valence-electron chi connectivity index (χ1n) is 7.09. The predicted octanol–water partition coefficient (Wildman–Crippen LogP) is 3.87. The number of ether oxygens (including phenoxy) is 1. The molecular formula is C16H20N2O2S. The Morgan fingerprint density at radius 3 is 3.05 bits per heavy atom. The zero-order valence-corrected chi connectivity index (χ0v) is 13.2. The average molecular weight is 304 g/mol. The summed E-state index contributed by atoms with van der Waals surface area (Å²) in [5.41, 5.74) is 2.62. The number of pyridine rings is 1. The monoisotopic (exact) mass is 304 g/mol. The highest BCUT2D eigenvalue weighted by molar-refractivity contribution is 7.10. The van der Waals surface area contributed by atoms with Gasteiger partial charge in [0.2, 0.25) is 5.91 Å². The number of aromatic nitrogens is 1. The summed E-state index contributed by atoms with van der Waals surface area (Å²) >= 11 is 1.68. The van der Waals surface area contributed by atoms with E-state index >= 15 is 0 Å². The van der Waals surface area contributed by atoms with Crippen LogP contribution in [-0.4, -0.2) is 24.1 Å². The lowest BCUT2D eigenvalue weighted by molar-refractivity contribution is -0.116. The second-order valence-corrected chi connectivity index (χ2v) is 5.81. The minimum atomic E-state index is -0.00379. The van der Waals surface area contributed by atoms with Crippen molar-refractivity contribution in [3.63, 3.8) is 0 Å². The molecule has 0 aliphatic rings. The Morgan fingerprint density at radius 2 is 2.33 bits per heavy atom. The normalized spacial score (nSPS) is 10.6. The molecule has 2 aromatic heterocycles. The van der Waals surface area contributed by atoms with Gasteiger partial charge in [-0.15, -0.1) is 11.3 Å². The summed E-state index contributed by atoms with van der Waals surface area (Å²) < 4.78 is 5.24. The molecule has 2 aromatic rings. The molecule has 0 spiro atoms. The molecule has 0 bridgehead atoms. The van der Waals surface area contributed by atoms with Crippen molar-refractivity contribution in [2.75, 3.05) is 18.5 Å². The van der Waals surface area contributed by atoms with Crippen molar-refractivity contribution in [3.05, 3.63) is 34.7 Å². The number of carbonyl (C=O) groups excluding carboxylic acids is 1. The maximum Gasteiger partial charge on any atom is 0.224 e. The number of nitrogens with zero attached hydrogens (tertiary/aromatic N) is 1. The van der Waals surface area contributed by atoms with Crippen LogP contribution in [0, 0.1) is 6.92 Å². The molecule has 4 nitrogen and oxygen atoms in total. The van der Waals surface area contributed by atoms with Crippen molar-refractivity contribution in [1.82, 2.24) is 4.98 Å². The Kier molecular flexibility index (Phi) is 5.90. The summed E-state index contributed by atoms with van der Waals surface area (Å²) in [6.07, 6.45) is 2.93. The van der Waals surface area contributed by atoms with E-state index < -0.39 is 0 Å². The van der Waals surface area contributed by atoms with Gasteiger partial charge in [0.15, 0.2) is 0 Å². The second kappa shape index (κ2) is 7.90. The van der Waals surface area contributed by atoms with Crippen LogP contribution in [0.25, 0.3) is 11.3 Å². The molecule has 0 aromatic carbocycles. The number of hydrogen-bond acceptors (Lipinski definition) is 4. The fourth-order valence-corrected chi connectivity index (χ4v) is 2.68. The Hall–Kier alpha value is -1.72. The Balaban J connectivity index is 2.02. The average Bonchev–Trinajstić information content (AvgIpc) is 2.91. The fraction of sp³-hybridized carbons (Fsp3) is 0.375. The molecule has 0 saturated heterocycles. The summed E-state index contributed by atoms with van der Waals surface area (Å²) in [6, 6.07) is 5.80. The van der Waals surface area contributed by atoms with Gasteiger partial charge in [0, 0.05) is 41.7 Å². The number of aryl methyl sites for hydroxylation is 1. The Labute approximate surface area is 129 Å². The van der Waals surface area contributed by atoms with Crippen LogP contribution in [0.1, 0.15) is 24.6 Å². The molecule has 2 rings (SSSR count). The summed E-state index contributed by atoms with van der Waals surface area (Å²) in [7, 11) is 0. The molecule has 5 heteroatoms. The van der Waals surface area contributed by atoms with Gasteiger partial charge >= 0.3 is 0 Å². The molecule has 0 radical (unpaired) electrons. The molecule has 112 valence electrons. The van der Waals surface area contributed by atoms with Gasteiger partial charge in [-0.05, 0) is 38.5 Å². The van der Waals surface area contributed by atoms with Crippen LogP contribution in [0.5, 0.6) is 0 Å². The summed E-state index contributed by atoms with van der Waals surface area (Å²) in [4.78, 5) is 17.6. The molecule has 0 atom stereocenters. The van der Waals surface area contributed by atoms with Crippen LogP contribution >= 0.6 is 11.3 Å². The molecule has 0 aliphatic carbocycles. The number of nitrogens with one attached hydrogen (secondary N) is 1. The third-order valence-electron chi connectivity index (χ3n) is 2.98. The zero-order valence-electron chi connectivity index (χ0n) is 12.4. The standard InChI is InChI=1S/C16H20N2O2S/c1-3-20-9-5-7-15(19)18-14-6-4-8-17-16(14)13-10-12(2)21-11-13/h4,6,8,10-11H,3,5,7,9H2,1-2H3,(H,18,19). The Morgan fingerprint density at radius 1 is 1.48 bits per heavy atom. The van der Waals surface area contributed by atoms with Crippen LogP contribution in [0.2, 0.25) is 0 Å². The van der Waals surface area contributed by atoms with E-state index in [1.165, 1.54) is 4.88 Å². The summed E-state index contributed by atoms with van der Waals surface area (Å²) in [5.74, 6) is -0.00379. The molecular weight excluding hydrogens is 284 g/mol. The number of carbonyl (C=O) groups is 1. The minimum absolute atomic E-state index is 0.00379. The molecule has 2 heterocycles. The Bertz CT molecular complexity index is 595. The van der Waals surface area contributed by atoms with Gasteiger partial charge in [-0.1, -0.05) is 0 Å². The third kappa shape index (κ3) is 4.65. The predicted molar refractivity (Wildman–Crippen MR) is 86.6 cm³/mol. The van der Waals surface area contributed by atoms with Gasteiger partial charge in [0.1, 0.15) is 0 Å². The van der Waals surface area contributed by atoms with Crippen molar-refractivity contribution in [2.45, 2.75) is 26.7 Å². The second-order valence-electron chi connectivity index (χ2n) is 4.69. The van der Waals surface area contributed by atoms with E-state index in [0.717, 1.165) is 23.4 Å². The van der Waals surface area contributed by atoms with Gasteiger partial charge in [0.25, 0.3) is 0 Å². The first kappa shape index (κ1) is 15.7. The summed E-state index contributed by atoms with van der Waals surface area (Å²) in [6.45, 7) is 5.31. The van der Waals surface area contributed by atoms with Crippen molar-refractivity contribution in [2.24, 2.45) is 0 Å². The van der Waals surface area contributed by atoms with Crippen molar-refractivity contribution >= 4 is 22.9 Å². The van der Waals surface area contributed by atoms with Gasteiger partial charge in [-0.3, -0.25) is 9.78 Å². The lowest BCUT2D eigenvalue weighted by Crippen LogP contribution is -2.13. The lowest BCUT2D eigenvalue weighted by atomic mass is 10.1. The smallest absolute Gasteiger partial charge is 0.224 e. The number of amides is 1. The maximum absolute atomic E-state index is 12.0. The van der Waals surface area contributed by atoms with E-state index in [-0.39, 0.29) is 5.91 Å². The fourth-order valence-electron chi connectivity index (χ4n) is 2.00. The van der Waals surface area contributed by atoms with E-state index in [0.29, 0.717) is 19.6 Å². The molecule has 0 unspecified atom stereocenters. The molecule has 1 N–H and O–H groups in total. The highest BCUT2D eigenvalue weighted by atomic mass is 32.1. The van der Waals surface area contributed by atoms with Gasteiger partial charge in [-0.25, -0.2) is 0 Å². The zero-order chi connectivity index (χ0) is 15.1. The molecule has 1 amide bonds. The van der Waals surface area contributed by atoms with Crippen LogP contribution in [0.15, 0.2) is 29.8 Å². The lowest BCUT2D eigenvalue weighted by Gasteiger charge is -2.09. The van der Waals surface area contributed by atoms with Crippen LogP contribution in [0.3, 0.4) is 0 Å². The van der Waals surface area contributed by atoms with Gasteiger partial charge in [0.05, 0.1) is 11.4 Å². The largest absolute Gasteiger partial charge is 0.382 e. The summed E-state index contributed by atoms with van der Waals surface area (Å²) in [5, 5.41) is 5.00. The highest BCUT2D eigenvalue weighted by Crippen LogP contribution is 2.29. The van der Waals surface area contributed by atoms with Crippen molar-refractivity contribution in [1.29, 1.82) is 0 Å². The molecule has 0 fully saturated rings. The van der Waals surface area contributed by atoms with Gasteiger partial charge in [-0.2, -0.15) is 0 Å². The number of rotatable bonds is 7. The van der Waals surface area contributed by atoms with Gasteiger partial charge < -0.3 is 10.1 Å². The minimum Gasteiger partial charge on any atom is -0.382 e. The van der Waals surface area contributed by atoms with Crippen LogP contribution < -0.4 is 5.32 Å². The first-order valence-corrected chi connectivity index (χ1v) is 7.96. The molecule has 0 saturated carbocycles. The SMILES string of the molecule is CCOCCCC(=O)Nc1cccnc1-c1csc(C)c1. The number of hydrogen-bond donors (Lipinski definition) is 1. The van der Waals surface area contributed by atoms with E-state index in [1.807, 2.05) is 19.1 Å². The topological polar surface area (TPSA) is 51.2 Å². The number of anilines is 1. The van der Waals surface area contributed by atoms with Crippen LogP contribution in [-0.2, 0) is 9.53 Å². The maximum atomic E-state index is 12.0. The quantitative estimate of drug-likeness (QED) is 0.790. The number of thiophene rings is 1. The van der Waals surface area contributed by atoms with E-state index in [4.69, 9.17) is 4.74 Å². The highest BCUT2D eigenvalue weighted by Gasteiger charge is 2.10.